The van der Waals surface area contributed by atoms with E-state index in [1.165, 1.54) is 17.0 Å². The molecule has 1 aromatic rings. The molecule has 1 saturated heterocycles. The smallest absolute Gasteiger partial charge is 0.305 e. The third-order valence-corrected chi connectivity index (χ3v) is 4.49. The lowest BCUT2D eigenvalue weighted by atomic mass is 10.1. The number of hydrogen-bond acceptors (Lipinski definition) is 6. The van der Waals surface area contributed by atoms with Crippen LogP contribution in [0.3, 0.4) is 0 Å². The Morgan fingerprint density at radius 3 is 2.83 bits per heavy atom. The van der Waals surface area contributed by atoms with Crippen molar-refractivity contribution in [2.75, 3.05) is 6.54 Å². The van der Waals surface area contributed by atoms with Gasteiger partial charge in [0, 0.05) is 19.0 Å². The number of carboxylic acid groups (broad SMARTS) is 1. The monoisotopic (exact) mass is 370 g/mol. The standard InChI is InChI=1S/C14H11FN2O5S2/c15-9-4-3-8(6-10(9)17(21)22)7-11-13(20)16(14(23)24-11)5-1-2-12(18)19/h3-4,6-7H,1-2,5H2,(H,18,19)/b11-7-. The Morgan fingerprint density at radius 1 is 1.50 bits per heavy atom. The van der Waals surface area contributed by atoms with Crippen molar-refractivity contribution in [2.24, 2.45) is 0 Å². The topological polar surface area (TPSA) is 101 Å². The number of halogens is 1. The van der Waals surface area contributed by atoms with Gasteiger partial charge < -0.3 is 5.11 Å². The minimum Gasteiger partial charge on any atom is -0.481 e. The molecule has 10 heteroatoms. The number of carbonyl (C=O) groups is 2. The van der Waals surface area contributed by atoms with E-state index in [0.29, 0.717) is 5.56 Å². The lowest BCUT2D eigenvalue weighted by Gasteiger charge is -2.13. The maximum atomic E-state index is 13.3. The molecule has 1 aliphatic heterocycles. The van der Waals surface area contributed by atoms with Crippen molar-refractivity contribution in [3.8, 4) is 0 Å². The van der Waals surface area contributed by atoms with Gasteiger partial charge in [0.15, 0.2) is 0 Å². The number of carbonyl (C=O) groups excluding carboxylic acids is 1. The van der Waals surface area contributed by atoms with Gasteiger partial charge in [0.1, 0.15) is 4.32 Å². The molecule has 0 bridgehead atoms. The zero-order valence-corrected chi connectivity index (χ0v) is 13.7. The summed E-state index contributed by atoms with van der Waals surface area (Å²) in [5.41, 5.74) is -0.380. The highest BCUT2D eigenvalue weighted by Crippen LogP contribution is 2.33. The van der Waals surface area contributed by atoms with Crippen LogP contribution >= 0.6 is 24.0 Å². The number of nitrogens with zero attached hydrogens (tertiary/aromatic N) is 2. The number of hydrogen-bond donors (Lipinski definition) is 1. The molecule has 1 heterocycles. The molecule has 1 fully saturated rings. The Labute approximate surface area is 145 Å². The van der Waals surface area contributed by atoms with E-state index in [0.717, 1.165) is 23.9 Å². The van der Waals surface area contributed by atoms with Gasteiger partial charge in [-0.25, -0.2) is 0 Å². The summed E-state index contributed by atoms with van der Waals surface area (Å²) < 4.78 is 13.6. The van der Waals surface area contributed by atoms with Crippen LogP contribution in [0.25, 0.3) is 6.08 Å². The third kappa shape index (κ3) is 4.15. The van der Waals surface area contributed by atoms with E-state index in [9.17, 15) is 24.1 Å². The molecule has 126 valence electrons. The number of nitro benzene ring substituents is 1. The minimum atomic E-state index is -0.963. The predicted molar refractivity (Wildman–Crippen MR) is 89.8 cm³/mol. The van der Waals surface area contributed by atoms with Gasteiger partial charge >= 0.3 is 11.7 Å². The van der Waals surface area contributed by atoms with Crippen LogP contribution in [0.5, 0.6) is 0 Å². The fourth-order valence-electron chi connectivity index (χ4n) is 1.99. The van der Waals surface area contributed by atoms with Crippen molar-refractivity contribution in [1.82, 2.24) is 4.90 Å². The molecule has 1 aromatic carbocycles. The zero-order valence-electron chi connectivity index (χ0n) is 12.1. The number of amides is 1. The second-order valence-corrected chi connectivity index (χ2v) is 6.47. The molecule has 1 amide bonds. The van der Waals surface area contributed by atoms with Crippen LogP contribution in [0, 0.1) is 15.9 Å². The molecule has 7 nitrogen and oxygen atoms in total. The number of thiocarbonyl (C=S) groups is 1. The van der Waals surface area contributed by atoms with Gasteiger partial charge in [-0.05, 0) is 24.1 Å². The number of rotatable bonds is 6. The first-order valence-corrected chi connectivity index (χ1v) is 7.93. The van der Waals surface area contributed by atoms with Gasteiger partial charge in [0.05, 0.1) is 9.83 Å². The Hall–Kier alpha value is -2.33. The molecule has 0 aliphatic carbocycles. The van der Waals surface area contributed by atoms with Gasteiger partial charge in [-0.1, -0.05) is 30.0 Å². The van der Waals surface area contributed by atoms with E-state index in [2.05, 4.69) is 0 Å². The summed E-state index contributed by atoms with van der Waals surface area (Å²) in [4.78, 5) is 34.2. The Bertz CT molecular complexity index is 766. The van der Waals surface area contributed by atoms with Crippen LogP contribution in [0.2, 0.25) is 0 Å². The second-order valence-electron chi connectivity index (χ2n) is 4.80. The van der Waals surface area contributed by atoms with Crippen LogP contribution in [0.15, 0.2) is 23.1 Å². The lowest BCUT2D eigenvalue weighted by molar-refractivity contribution is -0.387. The third-order valence-electron chi connectivity index (χ3n) is 3.11. The van der Waals surface area contributed by atoms with Gasteiger partial charge in [0.25, 0.3) is 5.91 Å². The molecule has 2 rings (SSSR count). The SMILES string of the molecule is O=C(O)CCCN1C(=O)/C(=C/c2ccc(F)c([N+](=O)[O-])c2)SC1=S. The molecule has 24 heavy (non-hydrogen) atoms. The second kappa shape index (κ2) is 7.49. The Balaban J connectivity index is 2.18. The molecule has 0 aromatic heterocycles. The number of nitro groups is 1. The Morgan fingerprint density at radius 2 is 2.21 bits per heavy atom. The fourth-order valence-corrected chi connectivity index (χ4v) is 3.30. The highest BCUT2D eigenvalue weighted by atomic mass is 32.2. The summed E-state index contributed by atoms with van der Waals surface area (Å²) in [6.45, 7) is 0.178. The molecule has 0 radical (unpaired) electrons. The maximum Gasteiger partial charge on any atom is 0.305 e. The molecule has 0 saturated carbocycles. The summed E-state index contributed by atoms with van der Waals surface area (Å²) in [6, 6.07) is 3.31. The van der Waals surface area contributed by atoms with Gasteiger partial charge in [-0.2, -0.15) is 4.39 Å². The van der Waals surface area contributed by atoms with E-state index >= 15 is 0 Å². The fraction of sp³-hybridized carbons (Fsp3) is 0.214. The molecule has 0 atom stereocenters. The van der Waals surface area contributed by atoms with E-state index < -0.39 is 28.3 Å². The van der Waals surface area contributed by atoms with Crippen molar-refractivity contribution in [1.29, 1.82) is 0 Å². The summed E-state index contributed by atoms with van der Waals surface area (Å²) in [5.74, 6) is -2.32. The van der Waals surface area contributed by atoms with Crippen molar-refractivity contribution in [2.45, 2.75) is 12.8 Å². The first-order valence-electron chi connectivity index (χ1n) is 6.70. The van der Waals surface area contributed by atoms with Gasteiger partial charge in [-0.15, -0.1) is 0 Å². The van der Waals surface area contributed by atoms with Crippen molar-refractivity contribution in [3.05, 3.63) is 44.6 Å². The van der Waals surface area contributed by atoms with E-state index in [1.54, 1.807) is 0 Å². The average molecular weight is 370 g/mol. The first kappa shape index (κ1) is 18.0. The molecular weight excluding hydrogens is 359 g/mol. The number of aliphatic carboxylic acids is 1. The van der Waals surface area contributed by atoms with Crippen molar-refractivity contribution in [3.63, 3.8) is 0 Å². The number of benzene rings is 1. The van der Waals surface area contributed by atoms with Gasteiger partial charge in [0.2, 0.25) is 5.82 Å². The van der Waals surface area contributed by atoms with E-state index in [1.807, 2.05) is 0 Å². The van der Waals surface area contributed by atoms with Gasteiger partial charge in [-0.3, -0.25) is 24.6 Å². The summed E-state index contributed by atoms with van der Waals surface area (Å²) in [6.07, 6.45) is 1.57. The maximum absolute atomic E-state index is 13.3. The van der Waals surface area contributed by atoms with Crippen LogP contribution in [-0.2, 0) is 9.59 Å². The van der Waals surface area contributed by atoms with Crippen LogP contribution in [0.4, 0.5) is 10.1 Å². The minimum absolute atomic E-state index is 0.0831. The van der Waals surface area contributed by atoms with E-state index in [-0.39, 0.29) is 28.6 Å². The van der Waals surface area contributed by atoms with Crippen LogP contribution in [-0.4, -0.2) is 37.7 Å². The first-order chi connectivity index (χ1) is 11.3. The molecule has 1 aliphatic rings. The Kier molecular flexibility index (Phi) is 5.62. The summed E-state index contributed by atoms with van der Waals surface area (Å²) >= 11 is 6.10. The summed E-state index contributed by atoms with van der Waals surface area (Å²) in [7, 11) is 0. The molecule has 0 spiro atoms. The summed E-state index contributed by atoms with van der Waals surface area (Å²) in [5, 5.41) is 19.4. The zero-order chi connectivity index (χ0) is 17.9. The van der Waals surface area contributed by atoms with Crippen LogP contribution < -0.4 is 0 Å². The van der Waals surface area contributed by atoms with E-state index in [4.69, 9.17) is 17.3 Å². The molecule has 0 unspecified atom stereocenters. The quantitative estimate of drug-likeness (QED) is 0.356. The lowest BCUT2D eigenvalue weighted by Crippen LogP contribution is -2.29. The highest BCUT2D eigenvalue weighted by molar-refractivity contribution is 8.26. The average Bonchev–Trinajstić information content (AvgIpc) is 2.76. The number of carboxylic acids is 1. The van der Waals surface area contributed by atoms with Crippen LogP contribution in [0.1, 0.15) is 18.4 Å². The van der Waals surface area contributed by atoms with Crippen molar-refractivity contribution < 1.29 is 24.0 Å². The predicted octanol–water partition coefficient (Wildman–Crippen LogP) is 2.80. The molecular formula is C14H11FN2O5S2. The molecule has 1 N–H and O–H groups in total. The van der Waals surface area contributed by atoms with Crippen molar-refractivity contribution >= 4 is 51.9 Å². The number of thioether (sulfide) groups is 1. The highest BCUT2D eigenvalue weighted by Gasteiger charge is 2.31. The normalized spacial score (nSPS) is 16.0. The largest absolute Gasteiger partial charge is 0.481 e.